The lowest BCUT2D eigenvalue weighted by Crippen LogP contribution is -2.25. The Kier molecular flexibility index (Phi) is 8.07. The molecular weight excluding hydrogens is 414 g/mol. The van der Waals surface area contributed by atoms with Crippen molar-refractivity contribution < 1.29 is 19.1 Å². The Balaban J connectivity index is 1.94. The van der Waals surface area contributed by atoms with Gasteiger partial charge < -0.3 is 14.2 Å². The van der Waals surface area contributed by atoms with Gasteiger partial charge in [0.15, 0.2) is 0 Å². The Morgan fingerprint density at radius 1 is 1.00 bits per heavy atom. The third-order valence-electron chi connectivity index (χ3n) is 4.77. The smallest absolute Gasteiger partial charge is 0.270 e. The third-order valence-corrected chi connectivity index (χ3v) is 4.77. The van der Waals surface area contributed by atoms with E-state index in [0.717, 1.165) is 16.8 Å². The van der Waals surface area contributed by atoms with E-state index in [-0.39, 0.29) is 11.2 Å². The Labute approximate surface area is 185 Å². The van der Waals surface area contributed by atoms with Crippen LogP contribution in [0.2, 0.25) is 0 Å². The lowest BCUT2D eigenvalue weighted by Gasteiger charge is -2.14. The summed E-state index contributed by atoms with van der Waals surface area (Å²) in [5.41, 5.74) is 2.86. The summed E-state index contributed by atoms with van der Waals surface area (Å²) in [5.74, 6) is 0.601. The number of nitrogens with zero attached hydrogens (tertiary/aromatic N) is 3. The number of nitro groups is 1. The van der Waals surface area contributed by atoms with Crippen LogP contribution in [0, 0.1) is 10.1 Å². The predicted molar refractivity (Wildman–Crippen MR) is 119 cm³/mol. The molecule has 3 aromatic rings. The minimum absolute atomic E-state index is 0.00244. The van der Waals surface area contributed by atoms with E-state index < -0.39 is 4.92 Å². The molecule has 0 aliphatic rings. The first-order chi connectivity index (χ1) is 15.5. The molecule has 0 amide bonds. The van der Waals surface area contributed by atoms with Crippen molar-refractivity contribution >= 4 is 5.69 Å². The molecule has 168 valence electrons. The zero-order chi connectivity index (χ0) is 22.9. The van der Waals surface area contributed by atoms with Gasteiger partial charge in [0.2, 0.25) is 0 Å². The fourth-order valence-electron chi connectivity index (χ4n) is 3.19. The van der Waals surface area contributed by atoms with E-state index in [4.69, 9.17) is 14.2 Å². The van der Waals surface area contributed by atoms with Crippen LogP contribution in [-0.2, 0) is 22.4 Å². The maximum absolute atomic E-state index is 12.0. The lowest BCUT2D eigenvalue weighted by molar-refractivity contribution is -0.384. The fourth-order valence-corrected chi connectivity index (χ4v) is 3.19. The first-order valence-corrected chi connectivity index (χ1v) is 10.1. The van der Waals surface area contributed by atoms with Gasteiger partial charge in [-0.15, -0.1) is 0 Å². The number of aromatic nitrogens is 2. The van der Waals surface area contributed by atoms with Crippen molar-refractivity contribution in [1.29, 1.82) is 0 Å². The van der Waals surface area contributed by atoms with E-state index in [1.165, 1.54) is 22.9 Å². The topological polar surface area (TPSA) is 106 Å². The van der Waals surface area contributed by atoms with Gasteiger partial charge in [0, 0.05) is 44.4 Å². The number of rotatable bonds is 11. The molecule has 9 nitrogen and oxygen atoms in total. The second-order valence-electron chi connectivity index (χ2n) is 7.03. The number of methoxy groups -OCH3 is 2. The number of ether oxygens (including phenoxy) is 3. The number of benzene rings is 2. The highest BCUT2D eigenvalue weighted by molar-refractivity contribution is 5.73. The summed E-state index contributed by atoms with van der Waals surface area (Å²) in [6.45, 7) is 1.53. The number of hydrogen-bond acceptors (Lipinski definition) is 7. The van der Waals surface area contributed by atoms with Gasteiger partial charge in [-0.1, -0.05) is 18.2 Å². The van der Waals surface area contributed by atoms with Crippen LogP contribution in [0.15, 0.2) is 59.4 Å². The minimum Gasteiger partial charge on any atom is -0.491 e. The highest BCUT2D eigenvalue weighted by atomic mass is 16.6. The predicted octanol–water partition coefficient (Wildman–Crippen LogP) is 3.08. The summed E-state index contributed by atoms with van der Waals surface area (Å²) in [6, 6.07) is 15.3. The minimum atomic E-state index is -0.425. The molecule has 0 bridgehead atoms. The van der Waals surface area contributed by atoms with Crippen LogP contribution >= 0.6 is 0 Å². The Hall–Kier alpha value is -3.56. The standard InChI is InChI=1S/C23H25N3O6/c1-30-11-10-25-23(27)9-7-19(24-25)14-17-6-8-22(32-13-12-31-2)21(15-17)18-4-3-5-20(16-18)26(28)29/h3-9,15-16H,10-14H2,1-2H3. The Morgan fingerprint density at radius 3 is 2.56 bits per heavy atom. The summed E-state index contributed by atoms with van der Waals surface area (Å²) in [7, 11) is 3.16. The van der Waals surface area contributed by atoms with E-state index in [0.29, 0.717) is 44.1 Å². The maximum Gasteiger partial charge on any atom is 0.270 e. The molecule has 3 rings (SSSR count). The van der Waals surface area contributed by atoms with Gasteiger partial charge in [-0.3, -0.25) is 14.9 Å². The molecule has 0 saturated carbocycles. The average Bonchev–Trinajstić information content (AvgIpc) is 2.80. The molecule has 0 saturated heterocycles. The van der Waals surface area contributed by atoms with Crippen molar-refractivity contribution in [3.63, 3.8) is 0 Å². The second-order valence-corrected chi connectivity index (χ2v) is 7.03. The fraction of sp³-hybridized carbons (Fsp3) is 0.304. The quantitative estimate of drug-likeness (QED) is 0.257. The summed E-state index contributed by atoms with van der Waals surface area (Å²) in [6.07, 6.45) is 0.480. The van der Waals surface area contributed by atoms with Crippen LogP contribution in [0.5, 0.6) is 5.75 Å². The van der Waals surface area contributed by atoms with Crippen LogP contribution in [0.1, 0.15) is 11.3 Å². The Morgan fingerprint density at radius 2 is 1.81 bits per heavy atom. The molecule has 0 aliphatic carbocycles. The normalized spacial score (nSPS) is 10.8. The largest absolute Gasteiger partial charge is 0.491 e. The van der Waals surface area contributed by atoms with Crippen LogP contribution < -0.4 is 10.3 Å². The van der Waals surface area contributed by atoms with Gasteiger partial charge in [-0.2, -0.15) is 5.10 Å². The maximum atomic E-state index is 12.0. The monoisotopic (exact) mass is 439 g/mol. The van der Waals surface area contributed by atoms with Gasteiger partial charge in [0.25, 0.3) is 11.2 Å². The van der Waals surface area contributed by atoms with Gasteiger partial charge in [0.05, 0.1) is 30.4 Å². The number of non-ortho nitro benzene ring substituents is 1. The van der Waals surface area contributed by atoms with Gasteiger partial charge in [0.1, 0.15) is 12.4 Å². The van der Waals surface area contributed by atoms with Crippen molar-refractivity contribution in [2.75, 3.05) is 34.0 Å². The number of hydrogen-bond donors (Lipinski definition) is 0. The molecule has 1 heterocycles. The zero-order valence-corrected chi connectivity index (χ0v) is 18.0. The molecule has 9 heteroatoms. The second kappa shape index (κ2) is 11.2. The van der Waals surface area contributed by atoms with Crippen molar-refractivity contribution in [1.82, 2.24) is 9.78 Å². The van der Waals surface area contributed by atoms with Crippen molar-refractivity contribution in [3.05, 3.63) is 86.3 Å². The van der Waals surface area contributed by atoms with E-state index in [1.54, 1.807) is 32.4 Å². The molecule has 0 spiro atoms. The summed E-state index contributed by atoms with van der Waals surface area (Å²) in [4.78, 5) is 22.8. The molecule has 0 atom stereocenters. The summed E-state index contributed by atoms with van der Waals surface area (Å²) < 4.78 is 17.3. The SMILES string of the molecule is COCCOc1ccc(Cc2ccc(=O)n(CCOC)n2)cc1-c1cccc([N+](=O)[O-])c1. The van der Waals surface area contributed by atoms with Gasteiger partial charge >= 0.3 is 0 Å². The van der Waals surface area contributed by atoms with Crippen LogP contribution in [0.3, 0.4) is 0 Å². The molecule has 32 heavy (non-hydrogen) atoms. The zero-order valence-electron chi connectivity index (χ0n) is 18.0. The summed E-state index contributed by atoms with van der Waals surface area (Å²) in [5, 5.41) is 15.7. The van der Waals surface area contributed by atoms with Crippen LogP contribution in [0.4, 0.5) is 5.69 Å². The summed E-state index contributed by atoms with van der Waals surface area (Å²) >= 11 is 0. The molecule has 0 fully saturated rings. The average molecular weight is 439 g/mol. The molecule has 2 aromatic carbocycles. The Bertz CT molecular complexity index is 1130. The molecule has 0 aliphatic heterocycles. The van der Waals surface area contributed by atoms with E-state index in [9.17, 15) is 14.9 Å². The first-order valence-electron chi connectivity index (χ1n) is 10.1. The van der Waals surface area contributed by atoms with E-state index >= 15 is 0 Å². The molecule has 0 N–H and O–H groups in total. The molecule has 0 unspecified atom stereocenters. The molecular formula is C23H25N3O6. The number of nitro benzene ring substituents is 1. The molecule has 1 aromatic heterocycles. The van der Waals surface area contributed by atoms with E-state index in [2.05, 4.69) is 5.10 Å². The lowest BCUT2D eigenvalue weighted by atomic mass is 9.99. The molecule has 0 radical (unpaired) electrons. The van der Waals surface area contributed by atoms with Gasteiger partial charge in [-0.05, 0) is 29.3 Å². The highest BCUT2D eigenvalue weighted by Crippen LogP contribution is 2.33. The van der Waals surface area contributed by atoms with Gasteiger partial charge in [-0.25, -0.2) is 4.68 Å². The third kappa shape index (κ3) is 5.99. The van der Waals surface area contributed by atoms with Crippen molar-refractivity contribution in [3.8, 4) is 16.9 Å². The van der Waals surface area contributed by atoms with E-state index in [1.807, 2.05) is 18.2 Å². The van der Waals surface area contributed by atoms with Crippen molar-refractivity contribution in [2.24, 2.45) is 0 Å². The van der Waals surface area contributed by atoms with Crippen LogP contribution in [-0.4, -0.2) is 48.7 Å². The first kappa shape index (κ1) is 23.1. The van der Waals surface area contributed by atoms with Crippen LogP contribution in [0.25, 0.3) is 11.1 Å². The highest BCUT2D eigenvalue weighted by Gasteiger charge is 2.13. The van der Waals surface area contributed by atoms with Crippen molar-refractivity contribution in [2.45, 2.75) is 13.0 Å².